The molecule has 0 atom stereocenters. The van der Waals surface area contributed by atoms with Crippen LogP contribution in [0, 0.1) is 0 Å². The summed E-state index contributed by atoms with van der Waals surface area (Å²) < 4.78 is 0. The summed E-state index contributed by atoms with van der Waals surface area (Å²) in [5, 5.41) is 6.17. The van der Waals surface area contributed by atoms with Gasteiger partial charge in [0, 0.05) is 31.9 Å². The Hall–Kier alpha value is -1.71. The zero-order valence-corrected chi connectivity index (χ0v) is 11.1. The Balaban J connectivity index is 1.82. The summed E-state index contributed by atoms with van der Waals surface area (Å²) in [5.41, 5.74) is 2.46. The van der Waals surface area contributed by atoms with Crippen molar-refractivity contribution in [1.29, 1.82) is 0 Å². The lowest BCUT2D eigenvalue weighted by molar-refractivity contribution is 0.219. The Morgan fingerprint density at radius 2 is 2.28 bits per heavy atom. The maximum Gasteiger partial charge on any atom is 0.317 e. The molecule has 0 saturated carbocycles. The largest absolute Gasteiger partial charge is 0.383 e. The van der Waals surface area contributed by atoms with Gasteiger partial charge in [0.25, 0.3) is 0 Å². The minimum Gasteiger partial charge on any atom is -0.383 e. The molecule has 1 heterocycles. The summed E-state index contributed by atoms with van der Waals surface area (Å²) >= 11 is 0. The number of nitrogens with one attached hydrogen (secondary N) is 2. The van der Waals surface area contributed by atoms with Gasteiger partial charge in [-0.2, -0.15) is 0 Å². The van der Waals surface area contributed by atoms with E-state index in [9.17, 15) is 4.79 Å². The highest BCUT2D eigenvalue weighted by Gasteiger charge is 2.18. The number of hydrogen-bond donors (Lipinski definition) is 2. The van der Waals surface area contributed by atoms with Gasteiger partial charge in [-0.25, -0.2) is 4.79 Å². The average Bonchev–Trinajstić information content (AvgIpc) is 2.76. The number of nitrogens with zero attached hydrogens (tertiary/aromatic N) is 1. The first-order valence-electron chi connectivity index (χ1n) is 6.53. The second kappa shape index (κ2) is 5.76. The number of benzene rings is 1. The molecule has 0 unspecified atom stereocenters. The molecule has 0 bridgehead atoms. The first-order chi connectivity index (χ1) is 8.66. The van der Waals surface area contributed by atoms with Crippen LogP contribution in [0.1, 0.15) is 25.3 Å². The Bertz CT molecular complexity index is 417. The van der Waals surface area contributed by atoms with Crippen LogP contribution in [-0.4, -0.2) is 37.1 Å². The van der Waals surface area contributed by atoms with E-state index in [1.165, 1.54) is 5.56 Å². The Morgan fingerprint density at radius 3 is 2.94 bits per heavy atom. The SMILES string of the molecule is CC(C)c1cccc(NCCN2CCNC2=O)c1. The van der Waals surface area contributed by atoms with Crippen LogP contribution < -0.4 is 10.6 Å². The fraction of sp³-hybridized carbons (Fsp3) is 0.500. The maximum absolute atomic E-state index is 11.3. The molecule has 4 nitrogen and oxygen atoms in total. The molecule has 1 aliphatic rings. The number of rotatable bonds is 5. The third-order valence-corrected chi connectivity index (χ3v) is 3.21. The zero-order valence-electron chi connectivity index (χ0n) is 11.1. The van der Waals surface area contributed by atoms with Crippen molar-refractivity contribution in [2.75, 3.05) is 31.5 Å². The molecule has 0 radical (unpaired) electrons. The molecule has 1 aromatic rings. The highest BCUT2D eigenvalue weighted by Crippen LogP contribution is 2.18. The van der Waals surface area contributed by atoms with Crippen LogP contribution in [0.25, 0.3) is 0 Å². The number of amides is 2. The van der Waals surface area contributed by atoms with Crippen LogP contribution >= 0.6 is 0 Å². The summed E-state index contributed by atoms with van der Waals surface area (Å²) in [5.74, 6) is 0.538. The smallest absolute Gasteiger partial charge is 0.317 e. The van der Waals surface area contributed by atoms with Gasteiger partial charge in [0.1, 0.15) is 0 Å². The van der Waals surface area contributed by atoms with Gasteiger partial charge in [0.15, 0.2) is 0 Å². The summed E-state index contributed by atoms with van der Waals surface area (Å²) in [7, 11) is 0. The van der Waals surface area contributed by atoms with E-state index in [4.69, 9.17) is 0 Å². The molecule has 0 aromatic heterocycles. The molecule has 1 fully saturated rings. The van der Waals surface area contributed by atoms with Crippen molar-refractivity contribution in [3.05, 3.63) is 29.8 Å². The number of carbonyl (C=O) groups is 1. The summed E-state index contributed by atoms with van der Waals surface area (Å²) in [6.07, 6.45) is 0. The Kier molecular flexibility index (Phi) is 4.07. The summed E-state index contributed by atoms with van der Waals surface area (Å²) in [4.78, 5) is 13.2. The van der Waals surface area contributed by atoms with Crippen LogP contribution in [0.5, 0.6) is 0 Å². The second-order valence-corrected chi connectivity index (χ2v) is 4.93. The van der Waals surface area contributed by atoms with Gasteiger partial charge in [-0.3, -0.25) is 0 Å². The molecule has 98 valence electrons. The monoisotopic (exact) mass is 247 g/mol. The highest BCUT2D eigenvalue weighted by molar-refractivity contribution is 5.76. The topological polar surface area (TPSA) is 44.4 Å². The summed E-state index contributed by atoms with van der Waals surface area (Å²) in [6.45, 7) is 7.49. The fourth-order valence-corrected chi connectivity index (χ4v) is 2.07. The standard InChI is InChI=1S/C14H21N3O/c1-11(2)12-4-3-5-13(10-12)15-6-8-17-9-7-16-14(17)18/h3-5,10-11,15H,6-9H2,1-2H3,(H,16,18). The predicted molar refractivity (Wildman–Crippen MR) is 74.0 cm³/mol. The number of hydrogen-bond acceptors (Lipinski definition) is 2. The van der Waals surface area contributed by atoms with Gasteiger partial charge in [-0.1, -0.05) is 26.0 Å². The fourth-order valence-electron chi connectivity index (χ4n) is 2.07. The molecule has 1 saturated heterocycles. The Morgan fingerprint density at radius 1 is 1.44 bits per heavy atom. The minimum absolute atomic E-state index is 0.0488. The number of urea groups is 1. The van der Waals surface area contributed by atoms with Crippen molar-refractivity contribution in [1.82, 2.24) is 10.2 Å². The van der Waals surface area contributed by atoms with Crippen molar-refractivity contribution in [2.24, 2.45) is 0 Å². The van der Waals surface area contributed by atoms with Crippen LogP contribution in [0.4, 0.5) is 10.5 Å². The molecule has 4 heteroatoms. The third kappa shape index (κ3) is 3.15. The lowest BCUT2D eigenvalue weighted by atomic mass is 10.0. The van der Waals surface area contributed by atoms with E-state index in [1.807, 2.05) is 4.90 Å². The van der Waals surface area contributed by atoms with E-state index in [-0.39, 0.29) is 6.03 Å². The first-order valence-corrected chi connectivity index (χ1v) is 6.53. The van der Waals surface area contributed by atoms with Gasteiger partial charge >= 0.3 is 6.03 Å². The van der Waals surface area contributed by atoms with Gasteiger partial charge in [-0.15, -0.1) is 0 Å². The highest BCUT2D eigenvalue weighted by atomic mass is 16.2. The Labute approximate surface area is 108 Å². The lowest BCUT2D eigenvalue weighted by Crippen LogP contribution is -2.32. The molecule has 2 N–H and O–H groups in total. The normalized spacial score (nSPS) is 15.1. The van der Waals surface area contributed by atoms with E-state index in [0.717, 1.165) is 31.9 Å². The van der Waals surface area contributed by atoms with Gasteiger partial charge < -0.3 is 15.5 Å². The number of anilines is 1. The molecule has 2 rings (SSSR count). The molecular weight excluding hydrogens is 226 g/mol. The van der Waals surface area contributed by atoms with Crippen molar-refractivity contribution >= 4 is 11.7 Å². The third-order valence-electron chi connectivity index (χ3n) is 3.21. The molecule has 0 spiro atoms. The van der Waals surface area contributed by atoms with E-state index in [2.05, 4.69) is 48.7 Å². The van der Waals surface area contributed by atoms with E-state index in [1.54, 1.807) is 0 Å². The van der Waals surface area contributed by atoms with Crippen LogP contribution in [0.2, 0.25) is 0 Å². The van der Waals surface area contributed by atoms with Crippen molar-refractivity contribution in [3.8, 4) is 0 Å². The molecular formula is C14H21N3O. The van der Waals surface area contributed by atoms with Gasteiger partial charge in [-0.05, 0) is 23.6 Å². The minimum atomic E-state index is 0.0488. The van der Waals surface area contributed by atoms with E-state index >= 15 is 0 Å². The van der Waals surface area contributed by atoms with Gasteiger partial charge in [0.2, 0.25) is 0 Å². The summed E-state index contributed by atoms with van der Waals surface area (Å²) in [6, 6.07) is 8.50. The average molecular weight is 247 g/mol. The van der Waals surface area contributed by atoms with Crippen molar-refractivity contribution < 1.29 is 4.79 Å². The molecule has 0 aliphatic carbocycles. The molecule has 1 aliphatic heterocycles. The number of carbonyl (C=O) groups excluding carboxylic acids is 1. The van der Waals surface area contributed by atoms with Crippen LogP contribution in [0.15, 0.2) is 24.3 Å². The van der Waals surface area contributed by atoms with E-state index < -0.39 is 0 Å². The van der Waals surface area contributed by atoms with Crippen LogP contribution in [-0.2, 0) is 0 Å². The van der Waals surface area contributed by atoms with Crippen molar-refractivity contribution in [2.45, 2.75) is 19.8 Å². The zero-order chi connectivity index (χ0) is 13.0. The first kappa shape index (κ1) is 12.7. The van der Waals surface area contributed by atoms with Gasteiger partial charge in [0.05, 0.1) is 0 Å². The molecule has 18 heavy (non-hydrogen) atoms. The predicted octanol–water partition coefficient (Wildman–Crippen LogP) is 2.25. The maximum atomic E-state index is 11.3. The molecule has 2 amide bonds. The second-order valence-electron chi connectivity index (χ2n) is 4.93. The lowest BCUT2D eigenvalue weighted by Gasteiger charge is -2.15. The molecule has 1 aromatic carbocycles. The van der Waals surface area contributed by atoms with Crippen molar-refractivity contribution in [3.63, 3.8) is 0 Å². The quantitative estimate of drug-likeness (QED) is 0.838. The van der Waals surface area contributed by atoms with Crippen LogP contribution in [0.3, 0.4) is 0 Å². The van der Waals surface area contributed by atoms with E-state index in [0.29, 0.717) is 5.92 Å².